The molecule has 36 heavy (non-hydrogen) atoms. The Hall–Kier alpha value is -4.24. The van der Waals surface area contributed by atoms with Gasteiger partial charge < -0.3 is 24.7 Å². The quantitative estimate of drug-likeness (QED) is 0.333. The Bertz CT molecular complexity index is 1550. The highest BCUT2D eigenvalue weighted by Gasteiger charge is 2.16. The molecule has 0 atom stereocenters. The van der Waals surface area contributed by atoms with E-state index in [0.29, 0.717) is 30.0 Å². The van der Waals surface area contributed by atoms with E-state index in [1.807, 2.05) is 37.4 Å². The van der Waals surface area contributed by atoms with E-state index >= 15 is 0 Å². The first-order valence-electron chi connectivity index (χ1n) is 12.1. The summed E-state index contributed by atoms with van der Waals surface area (Å²) in [5, 5.41) is 8.24. The number of pyridine rings is 3. The van der Waals surface area contributed by atoms with Crippen molar-refractivity contribution in [2.75, 3.05) is 37.9 Å². The normalized spacial score (nSPS) is 14.7. The second-order valence-electron chi connectivity index (χ2n) is 8.99. The van der Waals surface area contributed by atoms with Crippen LogP contribution in [0.15, 0.2) is 59.3 Å². The summed E-state index contributed by atoms with van der Waals surface area (Å²) >= 11 is 0. The van der Waals surface area contributed by atoms with Crippen molar-refractivity contribution in [2.24, 2.45) is 0 Å². The number of anilines is 3. The lowest BCUT2D eigenvalue weighted by Gasteiger charge is -2.16. The molecule has 0 saturated heterocycles. The molecule has 0 saturated carbocycles. The lowest BCUT2D eigenvalue weighted by Crippen LogP contribution is -2.19. The first-order valence-corrected chi connectivity index (χ1v) is 12.1. The molecule has 5 heterocycles. The summed E-state index contributed by atoms with van der Waals surface area (Å²) in [4.78, 5) is 20.9. The van der Waals surface area contributed by atoms with Gasteiger partial charge in [0.15, 0.2) is 5.58 Å². The first kappa shape index (κ1) is 22.2. The maximum absolute atomic E-state index is 6.19. The summed E-state index contributed by atoms with van der Waals surface area (Å²) in [6.45, 7) is 2.43. The zero-order valence-corrected chi connectivity index (χ0v) is 20.3. The van der Waals surface area contributed by atoms with Gasteiger partial charge in [-0.05, 0) is 56.3 Å². The molecule has 4 aromatic heterocycles. The summed E-state index contributed by atoms with van der Waals surface area (Å²) in [6, 6.07) is 13.9. The maximum atomic E-state index is 6.19. The number of fused-ring (bicyclic) bond motifs is 6. The third-order valence-electron chi connectivity index (χ3n) is 6.31. The summed E-state index contributed by atoms with van der Waals surface area (Å²) in [5.74, 6) is 3.16. The number of nitrogens with one attached hydrogen (secondary N) is 2. The molecule has 0 aliphatic carbocycles. The van der Waals surface area contributed by atoms with Gasteiger partial charge in [-0.25, -0.2) is 15.0 Å². The van der Waals surface area contributed by atoms with Gasteiger partial charge in [-0.15, -0.1) is 0 Å². The summed E-state index contributed by atoms with van der Waals surface area (Å²) < 4.78 is 12.1. The molecular weight excluding hydrogens is 454 g/mol. The smallest absolute Gasteiger partial charge is 0.229 e. The van der Waals surface area contributed by atoms with Crippen LogP contribution >= 0.6 is 0 Å². The van der Waals surface area contributed by atoms with Crippen LogP contribution in [0.1, 0.15) is 18.4 Å². The minimum Gasteiger partial charge on any atom is -0.478 e. The Morgan fingerprint density at radius 1 is 0.972 bits per heavy atom. The fourth-order valence-electron chi connectivity index (χ4n) is 4.51. The molecule has 1 aliphatic heterocycles. The third kappa shape index (κ3) is 4.40. The van der Waals surface area contributed by atoms with E-state index in [4.69, 9.17) is 14.1 Å². The van der Waals surface area contributed by atoms with Gasteiger partial charge in [-0.1, -0.05) is 12.1 Å². The second-order valence-corrected chi connectivity index (χ2v) is 8.99. The average Bonchev–Trinajstić information content (AvgIpc) is 3.30. The van der Waals surface area contributed by atoms with E-state index in [-0.39, 0.29) is 0 Å². The fraction of sp³-hybridized carbons (Fsp3) is 0.259. The number of hydrogen-bond acceptors (Lipinski definition) is 9. The molecule has 0 amide bonds. The van der Waals surface area contributed by atoms with E-state index in [2.05, 4.69) is 49.7 Å². The molecule has 0 unspecified atom stereocenters. The number of rotatable bonds is 1. The second kappa shape index (κ2) is 9.43. The van der Waals surface area contributed by atoms with Crippen molar-refractivity contribution in [1.82, 2.24) is 24.8 Å². The Morgan fingerprint density at radius 3 is 2.83 bits per heavy atom. The lowest BCUT2D eigenvalue weighted by atomic mass is 10.1. The van der Waals surface area contributed by atoms with Crippen molar-refractivity contribution in [3.63, 3.8) is 0 Å². The molecule has 9 nitrogen and oxygen atoms in total. The van der Waals surface area contributed by atoms with Gasteiger partial charge in [0.2, 0.25) is 11.8 Å². The molecule has 1 aromatic carbocycles. The summed E-state index contributed by atoms with van der Waals surface area (Å²) in [5.41, 5.74) is 3.57. The van der Waals surface area contributed by atoms with Crippen LogP contribution in [0.3, 0.4) is 0 Å². The van der Waals surface area contributed by atoms with Gasteiger partial charge >= 0.3 is 0 Å². The zero-order chi connectivity index (χ0) is 24.5. The van der Waals surface area contributed by atoms with Crippen LogP contribution in [-0.4, -0.2) is 52.1 Å². The van der Waals surface area contributed by atoms with Crippen LogP contribution in [-0.2, 0) is 6.54 Å². The highest BCUT2D eigenvalue weighted by atomic mass is 16.5. The number of nitrogens with zero attached hydrogens (tertiary/aromatic N) is 5. The van der Waals surface area contributed by atoms with Crippen molar-refractivity contribution in [3.05, 3.63) is 60.4 Å². The number of ether oxygens (including phenoxy) is 1. The van der Waals surface area contributed by atoms with Crippen molar-refractivity contribution in [2.45, 2.75) is 19.4 Å². The Morgan fingerprint density at radius 2 is 1.92 bits per heavy atom. The highest BCUT2D eigenvalue weighted by Crippen LogP contribution is 2.34. The van der Waals surface area contributed by atoms with Crippen molar-refractivity contribution >= 4 is 39.3 Å². The lowest BCUT2D eigenvalue weighted by molar-refractivity contribution is 0.270. The minimum atomic E-state index is 0.524. The average molecular weight is 482 g/mol. The van der Waals surface area contributed by atoms with E-state index in [1.54, 1.807) is 12.4 Å². The standard InChI is InChI=1S/C27H27N7O2/c1-28-26-19-14-29-24-13-18(19)20(15-30-26)27-31-21-12-17(8-9-22(21)36-27)16-34(2)10-3-4-11-35-25-7-5-6-23(32-24)33-25/h5-9,12-15H,3-4,10-11,16H2,1-2H3,(H,28,30)(H,29,32,33). The van der Waals surface area contributed by atoms with Gasteiger partial charge in [0.1, 0.15) is 23.0 Å². The molecule has 2 N–H and O–H groups in total. The van der Waals surface area contributed by atoms with Gasteiger partial charge in [0.05, 0.1) is 12.2 Å². The molecular formula is C27H27N7O2. The van der Waals surface area contributed by atoms with E-state index < -0.39 is 0 Å². The molecule has 7 bridgehead atoms. The minimum absolute atomic E-state index is 0.524. The predicted octanol–water partition coefficient (Wildman–Crippen LogP) is 5.22. The zero-order valence-electron chi connectivity index (χ0n) is 20.3. The summed E-state index contributed by atoms with van der Waals surface area (Å²) in [7, 11) is 3.98. The van der Waals surface area contributed by atoms with Gasteiger partial charge in [0.25, 0.3) is 0 Å². The third-order valence-corrected chi connectivity index (χ3v) is 6.31. The van der Waals surface area contributed by atoms with E-state index in [1.165, 1.54) is 5.56 Å². The van der Waals surface area contributed by atoms with Crippen molar-refractivity contribution < 1.29 is 9.15 Å². The number of hydrogen-bond donors (Lipinski definition) is 2. The van der Waals surface area contributed by atoms with Gasteiger partial charge in [-0.3, -0.25) is 0 Å². The van der Waals surface area contributed by atoms with E-state index in [9.17, 15) is 0 Å². The molecule has 6 rings (SSSR count). The summed E-state index contributed by atoms with van der Waals surface area (Å²) in [6.07, 6.45) is 5.57. The van der Waals surface area contributed by atoms with Gasteiger partial charge in [0, 0.05) is 42.8 Å². The molecule has 9 heteroatoms. The van der Waals surface area contributed by atoms with Crippen molar-refractivity contribution in [3.8, 4) is 17.3 Å². The van der Waals surface area contributed by atoms with Crippen LogP contribution in [0, 0.1) is 0 Å². The number of aromatic nitrogens is 4. The van der Waals surface area contributed by atoms with Crippen LogP contribution in [0.5, 0.6) is 5.88 Å². The molecule has 5 aromatic rings. The molecule has 0 fully saturated rings. The number of oxazole rings is 1. The number of benzene rings is 1. The molecule has 1 aliphatic rings. The molecule has 182 valence electrons. The first-order chi connectivity index (χ1) is 17.7. The monoisotopic (exact) mass is 481 g/mol. The Kier molecular flexibility index (Phi) is 5.82. The largest absolute Gasteiger partial charge is 0.478 e. The fourth-order valence-corrected chi connectivity index (χ4v) is 4.51. The van der Waals surface area contributed by atoms with Crippen LogP contribution in [0.4, 0.5) is 17.5 Å². The van der Waals surface area contributed by atoms with Crippen molar-refractivity contribution in [1.29, 1.82) is 0 Å². The molecule has 0 spiro atoms. The maximum Gasteiger partial charge on any atom is 0.229 e. The Labute approximate surface area is 208 Å². The topological polar surface area (TPSA) is 101 Å². The SMILES string of the molecule is CNc1ncc2c3cc(ncc13)Nc1cccc(n1)OCCCCN(C)Cc1ccc3oc-2nc3c1. The van der Waals surface area contributed by atoms with Crippen LogP contribution in [0.25, 0.3) is 33.3 Å². The van der Waals surface area contributed by atoms with Crippen LogP contribution < -0.4 is 15.4 Å². The highest BCUT2D eigenvalue weighted by molar-refractivity contribution is 6.01. The van der Waals surface area contributed by atoms with Gasteiger partial charge in [-0.2, -0.15) is 4.98 Å². The van der Waals surface area contributed by atoms with Crippen LogP contribution in [0.2, 0.25) is 0 Å². The van der Waals surface area contributed by atoms with E-state index in [0.717, 1.165) is 59.2 Å². The Balaban J connectivity index is 1.49. The molecule has 0 radical (unpaired) electrons. The predicted molar refractivity (Wildman–Crippen MR) is 141 cm³/mol.